The number of sulfonamides is 1. The normalized spacial score (nSPS) is 19.9. The standard InChI is InChI=1S/C23H34N4O6S/c1-17(2)33-21-6-5-19(34(30,31)27-11-13-32-14-12-27)15-20(21)24-16-22(28)25-7-9-26(10-8-25)23(29)18-3-4-18/h5-6,15,17-18,24H,3-4,7-14,16H2,1-2H3. The van der Waals surface area contributed by atoms with E-state index in [-0.39, 0.29) is 35.3 Å². The first-order chi connectivity index (χ1) is 16.3. The lowest BCUT2D eigenvalue weighted by atomic mass is 10.2. The van der Waals surface area contributed by atoms with Crippen LogP contribution >= 0.6 is 0 Å². The highest BCUT2D eigenvalue weighted by molar-refractivity contribution is 7.89. The zero-order valence-electron chi connectivity index (χ0n) is 19.9. The fourth-order valence-electron chi connectivity index (χ4n) is 4.15. The maximum absolute atomic E-state index is 13.1. The summed E-state index contributed by atoms with van der Waals surface area (Å²) in [5.41, 5.74) is 0.457. The van der Waals surface area contributed by atoms with Crippen molar-refractivity contribution in [2.24, 2.45) is 5.92 Å². The minimum atomic E-state index is -3.68. The van der Waals surface area contributed by atoms with Gasteiger partial charge in [0.2, 0.25) is 21.8 Å². The molecule has 1 saturated carbocycles. The molecule has 2 saturated heterocycles. The second kappa shape index (κ2) is 10.5. The molecule has 188 valence electrons. The smallest absolute Gasteiger partial charge is 0.243 e. The number of nitrogens with zero attached hydrogens (tertiary/aromatic N) is 3. The van der Waals surface area contributed by atoms with E-state index in [1.165, 1.54) is 16.4 Å². The van der Waals surface area contributed by atoms with Gasteiger partial charge in [-0.1, -0.05) is 0 Å². The Kier molecular flexibility index (Phi) is 7.63. The van der Waals surface area contributed by atoms with Gasteiger partial charge in [-0.2, -0.15) is 4.31 Å². The molecule has 1 aromatic rings. The predicted molar refractivity (Wildman–Crippen MR) is 126 cm³/mol. The number of morpholine rings is 1. The maximum Gasteiger partial charge on any atom is 0.243 e. The molecule has 1 N–H and O–H groups in total. The lowest BCUT2D eigenvalue weighted by Gasteiger charge is -2.35. The van der Waals surface area contributed by atoms with Crippen LogP contribution < -0.4 is 10.1 Å². The van der Waals surface area contributed by atoms with Gasteiger partial charge in [0.15, 0.2) is 0 Å². The van der Waals surface area contributed by atoms with Crippen molar-refractivity contribution < 1.29 is 27.5 Å². The van der Waals surface area contributed by atoms with Crippen LogP contribution in [0, 0.1) is 5.92 Å². The number of ether oxygens (including phenoxy) is 2. The second-order valence-corrected chi connectivity index (χ2v) is 11.1. The average Bonchev–Trinajstić information content (AvgIpc) is 3.68. The highest BCUT2D eigenvalue weighted by atomic mass is 32.2. The minimum Gasteiger partial charge on any atom is -0.489 e. The van der Waals surface area contributed by atoms with Gasteiger partial charge in [0.1, 0.15) is 5.75 Å². The molecule has 34 heavy (non-hydrogen) atoms. The van der Waals surface area contributed by atoms with Gasteiger partial charge in [0.05, 0.1) is 36.4 Å². The lowest BCUT2D eigenvalue weighted by molar-refractivity contribution is -0.139. The summed E-state index contributed by atoms with van der Waals surface area (Å²) in [5, 5.41) is 3.09. The van der Waals surface area contributed by atoms with Crippen molar-refractivity contribution in [2.75, 3.05) is 64.3 Å². The Morgan fingerprint density at radius 3 is 2.32 bits per heavy atom. The van der Waals surface area contributed by atoms with E-state index in [9.17, 15) is 18.0 Å². The first-order valence-corrected chi connectivity index (χ1v) is 13.4. The van der Waals surface area contributed by atoms with Crippen molar-refractivity contribution in [3.05, 3.63) is 18.2 Å². The molecule has 0 aromatic heterocycles. The second-order valence-electron chi connectivity index (χ2n) is 9.17. The van der Waals surface area contributed by atoms with Gasteiger partial charge >= 0.3 is 0 Å². The van der Waals surface area contributed by atoms with Gasteiger partial charge in [-0.25, -0.2) is 8.42 Å². The van der Waals surface area contributed by atoms with Crippen LogP contribution in [-0.2, 0) is 24.3 Å². The molecule has 0 spiro atoms. The number of hydrogen-bond acceptors (Lipinski definition) is 7. The molecule has 11 heteroatoms. The number of rotatable bonds is 8. The average molecular weight is 495 g/mol. The number of carbonyl (C=O) groups excluding carboxylic acids is 2. The Labute approximate surface area is 201 Å². The minimum absolute atomic E-state index is 0.00603. The van der Waals surface area contributed by atoms with E-state index in [4.69, 9.17) is 9.47 Å². The molecule has 1 aliphatic carbocycles. The van der Waals surface area contributed by atoms with Crippen LogP contribution in [-0.4, -0.2) is 99.5 Å². The number of carbonyl (C=O) groups is 2. The van der Waals surface area contributed by atoms with Crippen molar-refractivity contribution in [1.82, 2.24) is 14.1 Å². The summed E-state index contributed by atoms with van der Waals surface area (Å²) in [7, 11) is -3.68. The van der Waals surface area contributed by atoms with Crippen molar-refractivity contribution >= 4 is 27.5 Å². The Hall–Kier alpha value is -2.37. The molecule has 10 nitrogen and oxygen atoms in total. The topological polar surface area (TPSA) is 108 Å². The third-order valence-corrected chi connectivity index (χ3v) is 8.12. The molecule has 2 amide bonds. The quantitative estimate of drug-likeness (QED) is 0.574. The summed E-state index contributed by atoms with van der Waals surface area (Å²) in [6.07, 6.45) is 1.83. The zero-order valence-corrected chi connectivity index (χ0v) is 20.7. The number of nitrogens with one attached hydrogen (secondary N) is 1. The van der Waals surface area contributed by atoms with Crippen molar-refractivity contribution in [2.45, 2.75) is 37.7 Å². The molecule has 2 aliphatic heterocycles. The molecule has 0 unspecified atom stereocenters. The zero-order chi connectivity index (χ0) is 24.3. The van der Waals surface area contributed by atoms with E-state index in [1.807, 2.05) is 18.7 Å². The van der Waals surface area contributed by atoms with Crippen molar-refractivity contribution in [3.63, 3.8) is 0 Å². The summed E-state index contributed by atoms with van der Waals surface area (Å²) in [4.78, 5) is 28.8. The van der Waals surface area contributed by atoms with Gasteiger partial charge in [0, 0.05) is 45.2 Å². The Morgan fingerprint density at radius 1 is 1.06 bits per heavy atom. The number of benzene rings is 1. The molecule has 4 rings (SSSR count). The maximum atomic E-state index is 13.1. The molecule has 2 heterocycles. The molecule has 0 atom stereocenters. The van der Waals surface area contributed by atoms with Crippen LogP contribution in [0.2, 0.25) is 0 Å². The van der Waals surface area contributed by atoms with Crippen LogP contribution in [0.4, 0.5) is 5.69 Å². The van der Waals surface area contributed by atoms with Crippen molar-refractivity contribution in [3.8, 4) is 5.75 Å². The van der Waals surface area contributed by atoms with Crippen molar-refractivity contribution in [1.29, 1.82) is 0 Å². The molecule has 1 aromatic carbocycles. The van der Waals surface area contributed by atoms with Crippen LogP contribution in [0.15, 0.2) is 23.1 Å². The summed E-state index contributed by atoms with van der Waals surface area (Å²) in [6, 6.07) is 4.69. The van der Waals surface area contributed by atoms with Gasteiger partial charge in [-0.3, -0.25) is 9.59 Å². The van der Waals surface area contributed by atoms with Crippen LogP contribution in [0.1, 0.15) is 26.7 Å². The highest BCUT2D eigenvalue weighted by Gasteiger charge is 2.35. The summed E-state index contributed by atoms with van der Waals surface area (Å²) in [5.74, 6) is 0.780. The SMILES string of the molecule is CC(C)Oc1ccc(S(=O)(=O)N2CCOCC2)cc1NCC(=O)N1CCN(C(=O)C2CC2)CC1. The third kappa shape index (κ3) is 5.81. The number of amides is 2. The number of hydrogen-bond donors (Lipinski definition) is 1. The molecular weight excluding hydrogens is 460 g/mol. The molecule has 0 bridgehead atoms. The molecule has 0 radical (unpaired) electrons. The van der Waals surface area contributed by atoms with Gasteiger partial charge in [-0.05, 0) is 44.9 Å². The van der Waals surface area contributed by atoms with Crippen LogP contribution in [0.25, 0.3) is 0 Å². The molecule has 3 aliphatic rings. The van der Waals surface area contributed by atoms with Gasteiger partial charge in [0.25, 0.3) is 0 Å². The van der Waals surface area contributed by atoms with E-state index < -0.39 is 10.0 Å². The van der Waals surface area contributed by atoms with Crippen LogP contribution in [0.3, 0.4) is 0 Å². The van der Waals surface area contributed by atoms with E-state index in [2.05, 4.69) is 5.32 Å². The monoisotopic (exact) mass is 494 g/mol. The Morgan fingerprint density at radius 2 is 1.71 bits per heavy atom. The third-order valence-electron chi connectivity index (χ3n) is 6.22. The summed E-state index contributed by atoms with van der Waals surface area (Å²) < 4.78 is 38.7. The van der Waals surface area contributed by atoms with E-state index in [1.54, 1.807) is 11.0 Å². The largest absolute Gasteiger partial charge is 0.489 e. The van der Waals surface area contributed by atoms with E-state index >= 15 is 0 Å². The highest BCUT2D eigenvalue weighted by Crippen LogP contribution is 2.32. The van der Waals surface area contributed by atoms with Gasteiger partial charge < -0.3 is 24.6 Å². The predicted octanol–water partition coefficient (Wildman–Crippen LogP) is 0.987. The first kappa shape index (κ1) is 24.7. The van der Waals surface area contributed by atoms with E-state index in [0.29, 0.717) is 63.9 Å². The van der Waals surface area contributed by atoms with Crippen LogP contribution in [0.5, 0.6) is 5.75 Å². The van der Waals surface area contributed by atoms with E-state index in [0.717, 1.165) is 12.8 Å². The number of piperazine rings is 1. The summed E-state index contributed by atoms with van der Waals surface area (Å²) >= 11 is 0. The number of anilines is 1. The van der Waals surface area contributed by atoms with Gasteiger partial charge in [-0.15, -0.1) is 0 Å². The fourth-order valence-corrected chi connectivity index (χ4v) is 5.58. The Bertz CT molecular complexity index is 997. The first-order valence-electron chi connectivity index (χ1n) is 11.9. The fraction of sp³-hybridized carbons (Fsp3) is 0.652. The lowest BCUT2D eigenvalue weighted by Crippen LogP contribution is -2.52. The molecule has 3 fully saturated rings. The Balaban J connectivity index is 1.41. The molecular formula is C23H34N4O6S. The summed E-state index contributed by atoms with van der Waals surface area (Å²) in [6.45, 7) is 7.23.